The van der Waals surface area contributed by atoms with Crippen LogP contribution in [-0.2, 0) is 13.0 Å². The average molecular weight is 270 g/mol. The molecule has 0 aromatic heterocycles. The zero-order valence-electron chi connectivity index (χ0n) is 12.4. The number of hydrogen-bond donors (Lipinski definition) is 2. The van der Waals surface area contributed by atoms with E-state index in [0.717, 1.165) is 32.5 Å². The van der Waals surface area contributed by atoms with Crippen molar-refractivity contribution in [3.8, 4) is 0 Å². The predicted octanol–water partition coefficient (Wildman–Crippen LogP) is 3.37. The van der Waals surface area contributed by atoms with E-state index in [1.54, 1.807) is 0 Å². The predicted molar refractivity (Wildman–Crippen MR) is 87.6 cm³/mol. The Morgan fingerprint density at radius 1 is 0.850 bits per heavy atom. The lowest BCUT2D eigenvalue weighted by molar-refractivity contribution is 0.727. The van der Waals surface area contributed by atoms with Crippen molar-refractivity contribution in [3.05, 3.63) is 71.8 Å². The molecule has 2 heteroatoms. The SMILES string of the molecule is CCNCc1ccccc1.NCCCc1ccccc1. The van der Waals surface area contributed by atoms with Crippen LogP contribution in [0.1, 0.15) is 24.5 Å². The number of benzene rings is 2. The van der Waals surface area contributed by atoms with Crippen molar-refractivity contribution in [2.45, 2.75) is 26.3 Å². The standard InChI is InChI=1S/2C9H13N/c1-2-10-8-9-6-4-3-5-7-9;10-8-4-7-9-5-2-1-3-6-9/h3-7,10H,2,8H2,1H3;1-3,5-6H,4,7-8,10H2. The molecule has 0 aliphatic carbocycles. The van der Waals surface area contributed by atoms with Gasteiger partial charge in [-0.15, -0.1) is 0 Å². The Balaban J connectivity index is 0.000000200. The molecule has 0 saturated heterocycles. The monoisotopic (exact) mass is 270 g/mol. The molecule has 108 valence electrons. The van der Waals surface area contributed by atoms with Crippen molar-refractivity contribution < 1.29 is 0 Å². The van der Waals surface area contributed by atoms with Crippen LogP contribution in [-0.4, -0.2) is 13.1 Å². The number of hydrogen-bond acceptors (Lipinski definition) is 2. The maximum Gasteiger partial charge on any atom is 0.0205 e. The Morgan fingerprint density at radius 3 is 1.90 bits per heavy atom. The third-order valence-electron chi connectivity index (χ3n) is 2.93. The molecule has 20 heavy (non-hydrogen) atoms. The summed E-state index contributed by atoms with van der Waals surface area (Å²) in [4.78, 5) is 0. The van der Waals surface area contributed by atoms with Gasteiger partial charge in [0.2, 0.25) is 0 Å². The first-order valence-corrected chi connectivity index (χ1v) is 7.35. The van der Waals surface area contributed by atoms with Crippen molar-refractivity contribution in [1.82, 2.24) is 5.32 Å². The second kappa shape index (κ2) is 11.2. The molecular formula is C18H26N2. The van der Waals surface area contributed by atoms with Gasteiger partial charge in [0, 0.05) is 6.54 Å². The van der Waals surface area contributed by atoms with Gasteiger partial charge in [-0.05, 0) is 37.1 Å². The molecule has 0 saturated carbocycles. The topological polar surface area (TPSA) is 38.0 Å². The van der Waals surface area contributed by atoms with Gasteiger partial charge >= 0.3 is 0 Å². The fraction of sp³-hybridized carbons (Fsp3) is 0.333. The average Bonchev–Trinajstić information content (AvgIpc) is 2.53. The van der Waals surface area contributed by atoms with Crippen molar-refractivity contribution in [2.75, 3.05) is 13.1 Å². The Bertz CT molecular complexity index is 382. The highest BCUT2D eigenvalue weighted by molar-refractivity contribution is 5.14. The van der Waals surface area contributed by atoms with Gasteiger partial charge in [0.25, 0.3) is 0 Å². The van der Waals surface area contributed by atoms with E-state index in [1.165, 1.54) is 11.1 Å². The zero-order valence-corrected chi connectivity index (χ0v) is 12.4. The molecule has 0 atom stereocenters. The first kappa shape index (κ1) is 16.4. The van der Waals surface area contributed by atoms with E-state index in [2.05, 4.69) is 60.8 Å². The van der Waals surface area contributed by atoms with E-state index in [9.17, 15) is 0 Å². The molecule has 0 aliphatic rings. The lowest BCUT2D eigenvalue weighted by atomic mass is 10.1. The molecule has 3 N–H and O–H groups in total. The van der Waals surface area contributed by atoms with E-state index in [-0.39, 0.29) is 0 Å². The summed E-state index contributed by atoms with van der Waals surface area (Å²) in [7, 11) is 0. The largest absolute Gasteiger partial charge is 0.330 e. The van der Waals surface area contributed by atoms with Crippen molar-refractivity contribution in [3.63, 3.8) is 0 Å². The van der Waals surface area contributed by atoms with Crippen molar-refractivity contribution >= 4 is 0 Å². The van der Waals surface area contributed by atoms with Crippen LogP contribution < -0.4 is 11.1 Å². The van der Waals surface area contributed by atoms with E-state index in [0.29, 0.717) is 0 Å². The van der Waals surface area contributed by atoms with Gasteiger partial charge in [0.15, 0.2) is 0 Å². The molecule has 0 radical (unpaired) electrons. The molecule has 0 unspecified atom stereocenters. The first-order valence-electron chi connectivity index (χ1n) is 7.35. The van der Waals surface area contributed by atoms with Crippen LogP contribution in [0.15, 0.2) is 60.7 Å². The van der Waals surface area contributed by atoms with Crippen LogP contribution in [0, 0.1) is 0 Å². The molecule has 0 bridgehead atoms. The molecule has 2 nitrogen and oxygen atoms in total. The quantitative estimate of drug-likeness (QED) is 0.844. The molecule has 2 rings (SSSR count). The van der Waals surface area contributed by atoms with Gasteiger partial charge < -0.3 is 11.1 Å². The smallest absolute Gasteiger partial charge is 0.0205 e. The summed E-state index contributed by atoms with van der Waals surface area (Å²) >= 11 is 0. The Morgan fingerprint density at radius 2 is 1.40 bits per heavy atom. The molecule has 0 fully saturated rings. The number of aryl methyl sites for hydroxylation is 1. The molecule has 0 amide bonds. The second-order valence-corrected chi connectivity index (χ2v) is 4.64. The Hall–Kier alpha value is -1.64. The fourth-order valence-electron chi connectivity index (χ4n) is 1.82. The molecule has 0 aliphatic heterocycles. The van der Waals surface area contributed by atoms with Gasteiger partial charge in [-0.25, -0.2) is 0 Å². The minimum Gasteiger partial charge on any atom is -0.330 e. The van der Waals surface area contributed by atoms with Crippen LogP contribution in [0.25, 0.3) is 0 Å². The maximum absolute atomic E-state index is 5.38. The van der Waals surface area contributed by atoms with Crippen LogP contribution in [0.5, 0.6) is 0 Å². The number of nitrogens with two attached hydrogens (primary N) is 1. The summed E-state index contributed by atoms with van der Waals surface area (Å²) in [5.41, 5.74) is 8.11. The lowest BCUT2D eigenvalue weighted by Gasteiger charge is -1.99. The normalized spacial score (nSPS) is 9.70. The van der Waals surface area contributed by atoms with Crippen molar-refractivity contribution in [2.24, 2.45) is 5.73 Å². The van der Waals surface area contributed by atoms with Gasteiger partial charge in [-0.2, -0.15) is 0 Å². The molecule has 2 aromatic carbocycles. The van der Waals surface area contributed by atoms with E-state index in [1.807, 2.05) is 12.1 Å². The van der Waals surface area contributed by atoms with Gasteiger partial charge in [0.1, 0.15) is 0 Å². The van der Waals surface area contributed by atoms with Crippen LogP contribution in [0.3, 0.4) is 0 Å². The zero-order chi connectivity index (χ0) is 14.5. The molecular weight excluding hydrogens is 244 g/mol. The second-order valence-electron chi connectivity index (χ2n) is 4.64. The van der Waals surface area contributed by atoms with E-state index >= 15 is 0 Å². The Kier molecular flexibility index (Phi) is 9.20. The molecule has 0 heterocycles. The van der Waals surface area contributed by atoms with Gasteiger partial charge in [0.05, 0.1) is 0 Å². The Labute approximate surface area is 123 Å². The third kappa shape index (κ3) is 7.72. The molecule has 0 spiro atoms. The van der Waals surface area contributed by atoms with Gasteiger partial charge in [-0.1, -0.05) is 67.6 Å². The summed E-state index contributed by atoms with van der Waals surface area (Å²) < 4.78 is 0. The summed E-state index contributed by atoms with van der Waals surface area (Å²) in [5.74, 6) is 0. The highest BCUT2D eigenvalue weighted by Crippen LogP contribution is 2.00. The van der Waals surface area contributed by atoms with E-state index in [4.69, 9.17) is 5.73 Å². The number of nitrogens with one attached hydrogen (secondary N) is 1. The van der Waals surface area contributed by atoms with Gasteiger partial charge in [-0.3, -0.25) is 0 Å². The first-order chi connectivity index (χ1) is 9.86. The maximum atomic E-state index is 5.38. The summed E-state index contributed by atoms with van der Waals surface area (Å²) in [6, 6.07) is 20.8. The van der Waals surface area contributed by atoms with Crippen molar-refractivity contribution in [1.29, 1.82) is 0 Å². The summed E-state index contributed by atoms with van der Waals surface area (Å²) in [5, 5.41) is 3.26. The molecule has 2 aromatic rings. The van der Waals surface area contributed by atoms with Crippen LogP contribution >= 0.6 is 0 Å². The summed E-state index contributed by atoms with van der Waals surface area (Å²) in [6.45, 7) is 4.92. The van der Waals surface area contributed by atoms with E-state index < -0.39 is 0 Å². The highest BCUT2D eigenvalue weighted by Gasteiger charge is 1.87. The lowest BCUT2D eigenvalue weighted by Crippen LogP contribution is -2.11. The third-order valence-corrected chi connectivity index (χ3v) is 2.93. The van der Waals surface area contributed by atoms with Crippen LogP contribution in [0.2, 0.25) is 0 Å². The minimum absolute atomic E-state index is 0.787. The number of rotatable bonds is 6. The van der Waals surface area contributed by atoms with Crippen LogP contribution in [0.4, 0.5) is 0 Å². The summed E-state index contributed by atoms with van der Waals surface area (Å²) in [6.07, 6.45) is 2.20. The highest BCUT2D eigenvalue weighted by atomic mass is 14.8. The fourth-order valence-corrected chi connectivity index (χ4v) is 1.82. The minimum atomic E-state index is 0.787.